The summed E-state index contributed by atoms with van der Waals surface area (Å²) in [6.45, 7) is 4.36. The van der Waals surface area contributed by atoms with Gasteiger partial charge in [0.1, 0.15) is 5.75 Å². The summed E-state index contributed by atoms with van der Waals surface area (Å²) in [7, 11) is -4.69. The number of fused-ring (bicyclic) bond motifs is 1. The van der Waals surface area contributed by atoms with Crippen molar-refractivity contribution < 1.29 is 63.0 Å². The Morgan fingerprint density at radius 3 is 2.59 bits per heavy atom. The zero-order valence-electron chi connectivity index (χ0n) is 23.1. The molecular weight excluding hydrogens is 553 g/mol. The Morgan fingerprint density at radius 2 is 1.87 bits per heavy atom. The van der Waals surface area contributed by atoms with E-state index in [2.05, 4.69) is 9.97 Å². The Balaban J connectivity index is 0.00000280. The van der Waals surface area contributed by atoms with Crippen LogP contribution in [0.4, 0.5) is 0 Å². The van der Waals surface area contributed by atoms with E-state index < -0.39 is 26.8 Å². The van der Waals surface area contributed by atoms with E-state index >= 15 is 0 Å². The van der Waals surface area contributed by atoms with Gasteiger partial charge in [-0.2, -0.15) is 0 Å². The Labute approximate surface area is 252 Å². The standard InChI is InChI=1S/C26H27N3O7S2.Na.H/c1-17-9-10-19(25(30)31)15-24(17)38(33,34)29-22-8-5-4-7-20(22)28-26(29)37(32)16-21-18(2)23(11-12-27-21)36-14-6-13-35-3;;/h4-5,7-12,15H,6,13-14,16H2,1-3H3,(H,30,31);;/q;+1;-1. The molecule has 2 aromatic carbocycles. The van der Waals surface area contributed by atoms with Crippen LogP contribution in [0.5, 0.6) is 5.75 Å². The molecule has 0 aliphatic carbocycles. The number of carbonyl (C=O) groups is 1. The fourth-order valence-corrected chi connectivity index (χ4v) is 7.20. The Hall–Kier alpha value is -2.61. The summed E-state index contributed by atoms with van der Waals surface area (Å²) in [4.78, 5) is 20.1. The van der Waals surface area contributed by atoms with Crippen LogP contribution in [0, 0.1) is 13.8 Å². The van der Waals surface area contributed by atoms with Crippen LogP contribution >= 0.6 is 0 Å². The van der Waals surface area contributed by atoms with E-state index in [0.717, 1.165) is 10.0 Å². The van der Waals surface area contributed by atoms with Crippen molar-refractivity contribution in [1.29, 1.82) is 0 Å². The van der Waals surface area contributed by atoms with Gasteiger partial charge < -0.3 is 16.0 Å². The average molecular weight is 582 g/mol. The van der Waals surface area contributed by atoms with E-state index in [4.69, 9.17) is 9.47 Å². The molecule has 202 valence electrons. The first-order valence-electron chi connectivity index (χ1n) is 11.7. The molecule has 4 rings (SSSR count). The zero-order chi connectivity index (χ0) is 27.4. The molecule has 10 nitrogen and oxygen atoms in total. The van der Waals surface area contributed by atoms with Gasteiger partial charge in [-0.15, -0.1) is 0 Å². The van der Waals surface area contributed by atoms with Crippen molar-refractivity contribution in [2.45, 2.75) is 36.1 Å². The van der Waals surface area contributed by atoms with E-state index in [-0.39, 0.29) is 57.9 Å². The number of rotatable bonds is 11. The summed E-state index contributed by atoms with van der Waals surface area (Å²) in [5.41, 5.74) is 1.91. The van der Waals surface area contributed by atoms with E-state index in [0.29, 0.717) is 47.7 Å². The summed E-state index contributed by atoms with van der Waals surface area (Å²) in [6.07, 6.45) is 2.25. The normalized spacial score (nSPS) is 12.2. The number of nitrogens with zero attached hydrogens (tertiary/aromatic N) is 3. The molecule has 1 atom stereocenters. The number of aromatic nitrogens is 3. The predicted molar refractivity (Wildman–Crippen MR) is 143 cm³/mol. The van der Waals surface area contributed by atoms with Gasteiger partial charge in [0.15, 0.2) is 0 Å². The summed E-state index contributed by atoms with van der Waals surface area (Å²) < 4.78 is 53.3. The van der Waals surface area contributed by atoms with Gasteiger partial charge in [0, 0.05) is 31.9 Å². The molecule has 0 bridgehead atoms. The Kier molecular flexibility index (Phi) is 10.4. The SMILES string of the molecule is COCCCOc1ccnc(CS(=O)c2nc3ccccc3n2S(=O)(=O)c2cc(C(=O)O)ccc2C)c1C.[H-].[Na+]. The molecule has 0 amide bonds. The minimum Gasteiger partial charge on any atom is -1.00 e. The number of imidazole rings is 1. The molecule has 13 heteroatoms. The molecule has 0 saturated heterocycles. The van der Waals surface area contributed by atoms with Crippen molar-refractivity contribution in [3.05, 3.63) is 77.1 Å². The first-order chi connectivity index (χ1) is 18.1. The van der Waals surface area contributed by atoms with Crippen LogP contribution in [0.2, 0.25) is 0 Å². The second kappa shape index (κ2) is 13.2. The molecule has 1 unspecified atom stereocenters. The average Bonchev–Trinajstić information content (AvgIpc) is 3.29. The van der Waals surface area contributed by atoms with Gasteiger partial charge in [0.05, 0.1) is 50.3 Å². The molecule has 0 fully saturated rings. The molecule has 0 saturated carbocycles. The van der Waals surface area contributed by atoms with Crippen molar-refractivity contribution in [1.82, 2.24) is 13.9 Å². The third kappa shape index (κ3) is 6.59. The number of aryl methyl sites for hydroxylation is 1. The fraction of sp³-hybridized carbons (Fsp3) is 0.269. The number of benzene rings is 2. The second-order valence-corrected chi connectivity index (χ2v) is 11.6. The van der Waals surface area contributed by atoms with Crippen LogP contribution in [-0.2, 0) is 31.3 Å². The monoisotopic (exact) mass is 581 g/mol. The van der Waals surface area contributed by atoms with Gasteiger partial charge in [-0.3, -0.25) is 9.19 Å². The molecule has 1 N–H and O–H groups in total. The Morgan fingerprint density at radius 1 is 1.13 bits per heavy atom. The minimum atomic E-state index is -4.37. The third-order valence-electron chi connectivity index (χ3n) is 5.92. The van der Waals surface area contributed by atoms with Crippen LogP contribution in [0.1, 0.15) is 35.0 Å². The summed E-state index contributed by atoms with van der Waals surface area (Å²) >= 11 is 0. The molecule has 0 aliphatic heterocycles. The van der Waals surface area contributed by atoms with Gasteiger partial charge in [-0.1, -0.05) is 18.2 Å². The molecule has 2 aromatic heterocycles. The summed E-state index contributed by atoms with van der Waals surface area (Å²) in [6, 6.07) is 12.1. The van der Waals surface area contributed by atoms with E-state index in [1.54, 1.807) is 57.5 Å². The quantitative estimate of drug-likeness (QED) is 0.202. The maximum absolute atomic E-state index is 13.9. The number of ether oxygens (including phenoxy) is 2. The van der Waals surface area contributed by atoms with Gasteiger partial charge in [0.2, 0.25) is 5.16 Å². The van der Waals surface area contributed by atoms with Crippen molar-refractivity contribution in [3.63, 3.8) is 0 Å². The molecule has 0 aliphatic rings. The van der Waals surface area contributed by atoms with E-state index in [1.165, 1.54) is 12.1 Å². The zero-order valence-corrected chi connectivity index (χ0v) is 25.7. The van der Waals surface area contributed by atoms with Gasteiger partial charge in [0.25, 0.3) is 10.0 Å². The van der Waals surface area contributed by atoms with Crippen LogP contribution in [0.25, 0.3) is 11.0 Å². The van der Waals surface area contributed by atoms with Crippen LogP contribution in [0.3, 0.4) is 0 Å². The molecule has 0 radical (unpaired) electrons. The largest absolute Gasteiger partial charge is 1.00 e. The fourth-order valence-electron chi connectivity index (χ4n) is 3.90. The van der Waals surface area contributed by atoms with E-state index in [1.807, 2.05) is 0 Å². The first kappa shape index (κ1) is 30.9. The number of carboxylic acid groups (broad SMARTS) is 1. The number of hydrogen-bond donors (Lipinski definition) is 1. The van der Waals surface area contributed by atoms with E-state index in [9.17, 15) is 22.5 Å². The number of para-hydroxylation sites is 2. The predicted octanol–water partition coefficient (Wildman–Crippen LogP) is 0.823. The number of pyridine rings is 1. The van der Waals surface area contributed by atoms with Gasteiger partial charge in [-0.25, -0.2) is 22.2 Å². The number of carboxylic acids is 1. The van der Waals surface area contributed by atoms with Crippen molar-refractivity contribution in [2.24, 2.45) is 0 Å². The molecule has 4 aromatic rings. The number of aromatic carboxylic acids is 1. The Bertz CT molecular complexity index is 1640. The third-order valence-corrected chi connectivity index (χ3v) is 9.10. The number of hydrogen-bond acceptors (Lipinski definition) is 8. The van der Waals surface area contributed by atoms with Crippen LogP contribution < -0.4 is 34.3 Å². The van der Waals surface area contributed by atoms with Crippen LogP contribution in [-0.4, -0.2) is 58.0 Å². The molecular formula is C26H28N3NaO7S2. The van der Waals surface area contributed by atoms with Gasteiger partial charge >= 0.3 is 35.5 Å². The molecule has 39 heavy (non-hydrogen) atoms. The molecule has 0 spiro atoms. The minimum absolute atomic E-state index is 0. The smallest absolute Gasteiger partial charge is 1.00 e. The van der Waals surface area contributed by atoms with Crippen molar-refractivity contribution >= 4 is 37.8 Å². The summed E-state index contributed by atoms with van der Waals surface area (Å²) in [5, 5.41) is 9.24. The topological polar surface area (TPSA) is 138 Å². The van der Waals surface area contributed by atoms with Crippen molar-refractivity contribution in [2.75, 3.05) is 20.3 Å². The maximum Gasteiger partial charge on any atom is 1.00 e. The van der Waals surface area contributed by atoms with Gasteiger partial charge in [-0.05, 0) is 49.7 Å². The van der Waals surface area contributed by atoms with Crippen LogP contribution in [0.15, 0.2) is 64.8 Å². The first-order valence-corrected chi connectivity index (χ1v) is 14.4. The van der Waals surface area contributed by atoms with Crippen molar-refractivity contribution in [3.8, 4) is 5.75 Å². The number of methoxy groups -OCH3 is 1. The molecule has 2 heterocycles. The maximum atomic E-state index is 13.9. The second-order valence-electron chi connectivity index (χ2n) is 8.50. The summed E-state index contributed by atoms with van der Waals surface area (Å²) in [5.74, 6) is -0.773.